The Balaban J connectivity index is 2.15. The summed E-state index contributed by atoms with van der Waals surface area (Å²) in [6, 6.07) is 4.89. The van der Waals surface area contributed by atoms with Crippen LogP contribution in [0.3, 0.4) is 0 Å². The van der Waals surface area contributed by atoms with Crippen LogP contribution < -0.4 is 16.2 Å². The molecule has 3 amide bonds. The number of nitrogens with zero attached hydrogens (tertiary/aromatic N) is 1. The predicted octanol–water partition coefficient (Wildman–Crippen LogP) is 1.15. The Morgan fingerprint density at radius 2 is 1.91 bits per heavy atom. The molecule has 8 heteroatoms. The number of ether oxygens (including phenoxy) is 1. The minimum atomic E-state index is -0.558. The van der Waals surface area contributed by atoms with Gasteiger partial charge in [-0.2, -0.15) is 0 Å². The summed E-state index contributed by atoms with van der Waals surface area (Å²) in [4.78, 5) is 38.4. The molecule has 0 aliphatic heterocycles. The summed E-state index contributed by atoms with van der Waals surface area (Å²) in [5.41, 5.74) is 4.20. The van der Waals surface area contributed by atoms with Crippen molar-refractivity contribution in [1.29, 1.82) is 0 Å². The minimum absolute atomic E-state index is 0.151. The second-order valence-corrected chi connectivity index (χ2v) is 5.75. The molecule has 1 aromatic rings. The molecule has 0 fully saturated rings. The highest BCUT2D eigenvalue weighted by molar-refractivity contribution is 5.93. The van der Waals surface area contributed by atoms with Crippen molar-refractivity contribution in [2.24, 2.45) is 0 Å². The van der Waals surface area contributed by atoms with Crippen molar-refractivity contribution in [3.05, 3.63) is 30.1 Å². The molecule has 0 spiro atoms. The van der Waals surface area contributed by atoms with Gasteiger partial charge in [0.25, 0.3) is 5.91 Å². The molecule has 8 nitrogen and oxygen atoms in total. The molecular formula is C15H22N4O4. The number of pyridine rings is 1. The molecular weight excluding hydrogens is 300 g/mol. The molecule has 3 N–H and O–H groups in total. The van der Waals surface area contributed by atoms with E-state index in [1.807, 2.05) is 0 Å². The number of hydrazine groups is 1. The zero-order valence-corrected chi connectivity index (χ0v) is 13.5. The normalized spacial score (nSPS) is 10.6. The fourth-order valence-electron chi connectivity index (χ4n) is 1.50. The number of hydrogen-bond donors (Lipinski definition) is 3. The van der Waals surface area contributed by atoms with E-state index in [0.717, 1.165) is 0 Å². The summed E-state index contributed by atoms with van der Waals surface area (Å²) in [5, 5.41) is 2.55. The van der Waals surface area contributed by atoms with Crippen LogP contribution in [0.1, 0.15) is 44.1 Å². The summed E-state index contributed by atoms with van der Waals surface area (Å²) in [6.07, 6.45) is 1.53. The average Bonchev–Trinajstić information content (AvgIpc) is 2.48. The van der Waals surface area contributed by atoms with Gasteiger partial charge >= 0.3 is 6.09 Å². The predicted molar refractivity (Wildman–Crippen MR) is 83.3 cm³/mol. The average molecular weight is 322 g/mol. The molecule has 0 aliphatic carbocycles. The molecule has 23 heavy (non-hydrogen) atoms. The van der Waals surface area contributed by atoms with Crippen LogP contribution in [-0.4, -0.2) is 35.0 Å². The van der Waals surface area contributed by atoms with Crippen LogP contribution in [0.5, 0.6) is 0 Å². The van der Waals surface area contributed by atoms with Crippen molar-refractivity contribution in [3.63, 3.8) is 0 Å². The molecule has 0 atom stereocenters. The third kappa shape index (κ3) is 8.40. The number of carbonyl (C=O) groups excluding carboxylic acids is 3. The fraction of sp³-hybridized carbons (Fsp3) is 0.467. The van der Waals surface area contributed by atoms with Gasteiger partial charge in [0.05, 0.1) is 0 Å². The van der Waals surface area contributed by atoms with E-state index in [2.05, 4.69) is 21.2 Å². The van der Waals surface area contributed by atoms with Gasteiger partial charge < -0.3 is 10.1 Å². The molecule has 1 rings (SSSR count). The Morgan fingerprint density at radius 1 is 1.17 bits per heavy atom. The first-order chi connectivity index (χ1) is 10.8. The summed E-state index contributed by atoms with van der Waals surface area (Å²) in [5.74, 6) is -0.855. The first-order valence-electron chi connectivity index (χ1n) is 7.25. The second-order valence-electron chi connectivity index (χ2n) is 5.75. The number of aromatic nitrogens is 1. The SMILES string of the molecule is CC(C)(C)OC(=O)NCCCC(=O)NNC(=O)c1ccccn1. The van der Waals surface area contributed by atoms with E-state index in [4.69, 9.17) is 4.74 Å². The minimum Gasteiger partial charge on any atom is -0.444 e. The van der Waals surface area contributed by atoms with Gasteiger partial charge in [-0.1, -0.05) is 6.07 Å². The maximum absolute atomic E-state index is 11.6. The zero-order valence-electron chi connectivity index (χ0n) is 13.5. The van der Waals surface area contributed by atoms with E-state index in [1.165, 1.54) is 12.3 Å². The maximum Gasteiger partial charge on any atom is 0.407 e. The Kier molecular flexibility index (Phi) is 6.98. The highest BCUT2D eigenvalue weighted by atomic mass is 16.6. The molecule has 0 radical (unpaired) electrons. The van der Waals surface area contributed by atoms with Crippen molar-refractivity contribution in [3.8, 4) is 0 Å². The number of amides is 3. The molecule has 1 heterocycles. The van der Waals surface area contributed by atoms with Gasteiger partial charge in [-0.3, -0.25) is 25.4 Å². The van der Waals surface area contributed by atoms with Crippen molar-refractivity contribution in [2.75, 3.05) is 6.54 Å². The maximum atomic E-state index is 11.6. The van der Waals surface area contributed by atoms with E-state index in [-0.39, 0.29) is 18.0 Å². The van der Waals surface area contributed by atoms with Crippen molar-refractivity contribution in [1.82, 2.24) is 21.2 Å². The van der Waals surface area contributed by atoms with Crippen LogP contribution in [0.15, 0.2) is 24.4 Å². The van der Waals surface area contributed by atoms with Gasteiger partial charge in [-0.05, 0) is 39.3 Å². The highest BCUT2D eigenvalue weighted by Gasteiger charge is 2.15. The lowest BCUT2D eigenvalue weighted by molar-refractivity contribution is -0.121. The molecule has 0 aromatic carbocycles. The van der Waals surface area contributed by atoms with Crippen molar-refractivity contribution >= 4 is 17.9 Å². The Labute approximate surface area is 135 Å². The third-order valence-electron chi connectivity index (χ3n) is 2.46. The van der Waals surface area contributed by atoms with Gasteiger partial charge in [0.2, 0.25) is 5.91 Å². The molecule has 1 aromatic heterocycles. The van der Waals surface area contributed by atoms with Gasteiger partial charge in [0, 0.05) is 19.2 Å². The monoisotopic (exact) mass is 322 g/mol. The number of alkyl carbamates (subject to hydrolysis) is 1. The largest absolute Gasteiger partial charge is 0.444 e. The number of carbonyl (C=O) groups is 3. The lowest BCUT2D eigenvalue weighted by atomic mass is 10.2. The van der Waals surface area contributed by atoms with Gasteiger partial charge in [0.15, 0.2) is 0 Å². The van der Waals surface area contributed by atoms with Crippen LogP contribution in [0.2, 0.25) is 0 Å². The number of hydrogen-bond acceptors (Lipinski definition) is 5. The third-order valence-corrected chi connectivity index (χ3v) is 2.46. The summed E-state index contributed by atoms with van der Waals surface area (Å²) < 4.78 is 5.06. The smallest absolute Gasteiger partial charge is 0.407 e. The number of rotatable bonds is 5. The molecule has 0 saturated heterocycles. The van der Waals surface area contributed by atoms with E-state index < -0.39 is 17.6 Å². The summed E-state index contributed by atoms with van der Waals surface area (Å²) in [7, 11) is 0. The summed E-state index contributed by atoms with van der Waals surface area (Å²) in [6.45, 7) is 5.61. The Hall–Kier alpha value is -2.64. The molecule has 0 bridgehead atoms. The van der Waals surface area contributed by atoms with E-state index in [1.54, 1.807) is 32.9 Å². The molecule has 126 valence electrons. The second kappa shape index (κ2) is 8.72. The van der Waals surface area contributed by atoms with Crippen molar-refractivity contribution in [2.45, 2.75) is 39.2 Å². The van der Waals surface area contributed by atoms with Gasteiger partial charge in [-0.25, -0.2) is 4.79 Å². The highest BCUT2D eigenvalue weighted by Crippen LogP contribution is 2.06. The first kappa shape index (κ1) is 18.4. The Morgan fingerprint density at radius 3 is 2.52 bits per heavy atom. The first-order valence-corrected chi connectivity index (χ1v) is 7.25. The zero-order chi connectivity index (χ0) is 17.3. The van der Waals surface area contributed by atoms with Crippen LogP contribution >= 0.6 is 0 Å². The summed E-state index contributed by atoms with van der Waals surface area (Å²) >= 11 is 0. The Bertz CT molecular complexity index is 540. The lowest BCUT2D eigenvalue weighted by Gasteiger charge is -2.19. The van der Waals surface area contributed by atoms with E-state index >= 15 is 0 Å². The lowest BCUT2D eigenvalue weighted by Crippen LogP contribution is -2.42. The van der Waals surface area contributed by atoms with Crippen LogP contribution in [-0.2, 0) is 9.53 Å². The molecule has 0 aliphatic rings. The van der Waals surface area contributed by atoms with Crippen LogP contribution in [0.25, 0.3) is 0 Å². The standard InChI is InChI=1S/C15H22N4O4/c1-15(2,3)23-14(22)17-10-6-8-12(20)18-19-13(21)11-7-4-5-9-16-11/h4-5,7,9H,6,8,10H2,1-3H3,(H,17,22)(H,18,20)(H,19,21). The molecule has 0 saturated carbocycles. The fourth-order valence-corrected chi connectivity index (χ4v) is 1.50. The van der Waals surface area contributed by atoms with Crippen molar-refractivity contribution < 1.29 is 19.1 Å². The van der Waals surface area contributed by atoms with Crippen LogP contribution in [0, 0.1) is 0 Å². The quantitative estimate of drug-likeness (QED) is 0.556. The topological polar surface area (TPSA) is 109 Å². The van der Waals surface area contributed by atoms with Gasteiger partial charge in [-0.15, -0.1) is 0 Å². The van der Waals surface area contributed by atoms with E-state index in [0.29, 0.717) is 13.0 Å². The van der Waals surface area contributed by atoms with Crippen LogP contribution in [0.4, 0.5) is 4.79 Å². The van der Waals surface area contributed by atoms with Gasteiger partial charge in [0.1, 0.15) is 11.3 Å². The number of nitrogens with one attached hydrogen (secondary N) is 3. The van der Waals surface area contributed by atoms with E-state index in [9.17, 15) is 14.4 Å². The molecule has 0 unspecified atom stereocenters.